The van der Waals surface area contributed by atoms with Gasteiger partial charge in [-0.05, 0) is 55.6 Å². The Morgan fingerprint density at radius 2 is 1.90 bits per heavy atom. The summed E-state index contributed by atoms with van der Waals surface area (Å²) in [6, 6.07) is 4.35. The molecule has 168 valence electrons. The average Bonchev–Trinajstić information content (AvgIpc) is 3.09. The quantitative estimate of drug-likeness (QED) is 0.708. The molecule has 1 N–H and O–H groups in total. The lowest BCUT2D eigenvalue weighted by Crippen LogP contribution is -2.78. The molecule has 5 aliphatic carbocycles. The van der Waals surface area contributed by atoms with E-state index in [1.807, 2.05) is 6.92 Å². The number of benzene rings is 1. The number of fused-ring (bicyclic) bond motifs is 1. The second kappa shape index (κ2) is 5.69. The minimum atomic E-state index is -0.904. The van der Waals surface area contributed by atoms with Crippen molar-refractivity contribution in [3.05, 3.63) is 35.4 Å². The number of hydrogen-bond donors (Lipinski definition) is 1. The Labute approximate surface area is 186 Å². The highest BCUT2D eigenvalue weighted by atomic mass is 16.6. The molecule has 1 aromatic rings. The molecule has 2 saturated carbocycles. The third kappa shape index (κ3) is 1.94. The van der Waals surface area contributed by atoms with Gasteiger partial charge in [-0.3, -0.25) is 0 Å². The van der Waals surface area contributed by atoms with Crippen LogP contribution >= 0.6 is 0 Å². The van der Waals surface area contributed by atoms with Crippen LogP contribution in [0, 0.1) is 22.7 Å². The number of ether oxygens (including phenoxy) is 3. The summed E-state index contributed by atoms with van der Waals surface area (Å²) < 4.78 is 19.2. The molecule has 1 aliphatic heterocycles. The van der Waals surface area contributed by atoms with Gasteiger partial charge in [0.15, 0.2) is 11.5 Å². The monoisotopic (exact) mass is 424 g/mol. The van der Waals surface area contributed by atoms with Crippen LogP contribution in [-0.2, 0) is 16.6 Å². The zero-order valence-corrected chi connectivity index (χ0v) is 19.7. The van der Waals surface area contributed by atoms with Gasteiger partial charge in [-0.25, -0.2) is 0 Å². The summed E-state index contributed by atoms with van der Waals surface area (Å²) >= 11 is 0. The van der Waals surface area contributed by atoms with Gasteiger partial charge in [-0.2, -0.15) is 0 Å². The van der Waals surface area contributed by atoms with Crippen molar-refractivity contribution in [2.24, 2.45) is 22.7 Å². The van der Waals surface area contributed by atoms with Crippen molar-refractivity contribution >= 4 is 0 Å². The van der Waals surface area contributed by atoms with E-state index in [9.17, 15) is 5.11 Å². The first-order valence-corrected chi connectivity index (χ1v) is 11.9. The summed E-state index contributed by atoms with van der Waals surface area (Å²) in [5.41, 5.74) is 0.866. The Morgan fingerprint density at radius 1 is 1.13 bits per heavy atom. The highest BCUT2D eigenvalue weighted by Crippen LogP contribution is 2.77. The highest BCUT2D eigenvalue weighted by Gasteiger charge is 2.80. The number of rotatable bonds is 3. The van der Waals surface area contributed by atoms with Crippen molar-refractivity contribution in [2.75, 3.05) is 14.2 Å². The van der Waals surface area contributed by atoms with Crippen LogP contribution in [0.4, 0.5) is 0 Å². The molecule has 1 heterocycles. The average molecular weight is 425 g/mol. The summed E-state index contributed by atoms with van der Waals surface area (Å²) in [5.74, 6) is 2.28. The number of hydrogen-bond acceptors (Lipinski definition) is 4. The first-order chi connectivity index (χ1) is 14.6. The second-order valence-electron chi connectivity index (χ2n) is 12.0. The number of allylic oxidation sites excluding steroid dienone is 1. The normalized spacial score (nSPS) is 43.3. The molecule has 0 aromatic heterocycles. The first kappa shape index (κ1) is 20.1. The van der Waals surface area contributed by atoms with Gasteiger partial charge < -0.3 is 19.3 Å². The lowest BCUT2D eigenvalue weighted by molar-refractivity contribution is -0.259. The molecule has 0 amide bonds. The fourth-order valence-corrected chi connectivity index (χ4v) is 8.47. The summed E-state index contributed by atoms with van der Waals surface area (Å²) in [5, 5.41) is 12.0. The fraction of sp³-hybridized carbons (Fsp3) is 0.704. The summed E-state index contributed by atoms with van der Waals surface area (Å²) in [6.45, 7) is 8.44. The lowest BCUT2D eigenvalue weighted by atomic mass is 9.33. The van der Waals surface area contributed by atoms with Gasteiger partial charge >= 0.3 is 0 Å². The molecule has 0 saturated heterocycles. The summed E-state index contributed by atoms with van der Waals surface area (Å²) in [4.78, 5) is 0. The van der Waals surface area contributed by atoms with Gasteiger partial charge in [0.2, 0.25) is 0 Å². The molecule has 0 radical (unpaired) electrons. The maximum absolute atomic E-state index is 12.0. The summed E-state index contributed by atoms with van der Waals surface area (Å²) in [7, 11) is 3.54. The van der Waals surface area contributed by atoms with Gasteiger partial charge in [0.25, 0.3) is 0 Å². The van der Waals surface area contributed by atoms with Crippen molar-refractivity contribution < 1.29 is 19.3 Å². The van der Waals surface area contributed by atoms with E-state index in [1.165, 1.54) is 24.0 Å². The molecule has 4 bridgehead atoms. The molecular formula is C27H36O4. The first-order valence-electron chi connectivity index (χ1n) is 11.9. The zero-order valence-electron chi connectivity index (χ0n) is 19.7. The molecule has 4 nitrogen and oxygen atoms in total. The molecule has 7 atom stereocenters. The van der Waals surface area contributed by atoms with E-state index in [4.69, 9.17) is 14.2 Å². The van der Waals surface area contributed by atoms with Crippen molar-refractivity contribution in [3.63, 3.8) is 0 Å². The summed E-state index contributed by atoms with van der Waals surface area (Å²) in [6.07, 6.45) is 10.2. The minimum absolute atomic E-state index is 0.000712. The standard InChI is InChI=1S/C27H36O4/c1-23(2,3)24(4,28)19-15-25-12-13-27(19,30-6)22-26(25)11-7-8-17(25)14-16-9-10-18(29-5)21(31-22)20(16)26/h9-10,12-13,17,19,22,28H,7-8,11,14-15H2,1-6H3/t17-,19-,22-,24?,25-,26?,27-/m1/s1. The number of methoxy groups -OCH3 is 2. The van der Waals surface area contributed by atoms with Crippen molar-refractivity contribution in [2.45, 2.75) is 82.5 Å². The molecule has 2 spiro atoms. The second-order valence-corrected chi connectivity index (χ2v) is 12.0. The van der Waals surface area contributed by atoms with Crippen LogP contribution in [0.25, 0.3) is 0 Å². The Kier molecular flexibility index (Phi) is 3.69. The van der Waals surface area contributed by atoms with E-state index >= 15 is 0 Å². The third-order valence-corrected chi connectivity index (χ3v) is 10.4. The van der Waals surface area contributed by atoms with E-state index in [0.29, 0.717) is 5.92 Å². The Morgan fingerprint density at radius 3 is 2.58 bits per heavy atom. The van der Waals surface area contributed by atoms with Crippen LogP contribution in [0.15, 0.2) is 24.3 Å². The van der Waals surface area contributed by atoms with Crippen LogP contribution in [0.1, 0.15) is 64.5 Å². The van der Waals surface area contributed by atoms with E-state index in [-0.39, 0.29) is 28.3 Å². The molecule has 2 unspecified atom stereocenters. The zero-order chi connectivity index (χ0) is 22.0. The minimum Gasteiger partial charge on any atom is -0.493 e. The maximum atomic E-state index is 12.0. The van der Waals surface area contributed by atoms with Crippen molar-refractivity contribution in [3.8, 4) is 11.5 Å². The van der Waals surface area contributed by atoms with Gasteiger partial charge in [0.1, 0.15) is 11.7 Å². The van der Waals surface area contributed by atoms with E-state index in [2.05, 4.69) is 45.1 Å². The van der Waals surface area contributed by atoms with Gasteiger partial charge in [-0.15, -0.1) is 0 Å². The predicted octanol–water partition coefficient (Wildman–Crippen LogP) is 4.81. The van der Waals surface area contributed by atoms with E-state index in [1.54, 1.807) is 14.2 Å². The van der Waals surface area contributed by atoms with Crippen LogP contribution < -0.4 is 9.47 Å². The van der Waals surface area contributed by atoms with Gasteiger partial charge in [-0.1, -0.05) is 45.4 Å². The molecule has 2 fully saturated rings. The van der Waals surface area contributed by atoms with Crippen molar-refractivity contribution in [1.82, 2.24) is 0 Å². The van der Waals surface area contributed by atoms with Crippen LogP contribution in [0.2, 0.25) is 0 Å². The maximum Gasteiger partial charge on any atom is 0.166 e. The smallest absolute Gasteiger partial charge is 0.166 e. The third-order valence-electron chi connectivity index (χ3n) is 10.4. The molecule has 6 aliphatic rings. The topological polar surface area (TPSA) is 47.9 Å². The Bertz CT molecular complexity index is 988. The van der Waals surface area contributed by atoms with Gasteiger partial charge in [0, 0.05) is 29.4 Å². The van der Waals surface area contributed by atoms with Crippen LogP contribution in [-0.4, -0.2) is 36.6 Å². The molecule has 4 heteroatoms. The van der Waals surface area contributed by atoms with Crippen LogP contribution in [0.5, 0.6) is 11.5 Å². The SMILES string of the molecule is COc1ccc2c3c1O[C@@H]1C34CCC[C@H](C2)[C@]42C=C[C@@]1(OC)[C@@H](C(C)(O)C(C)(C)C)C2. The number of aliphatic hydroxyl groups is 1. The Hall–Kier alpha value is -1.52. The molecule has 1 aromatic carbocycles. The highest BCUT2D eigenvalue weighted by molar-refractivity contribution is 5.65. The molecule has 7 rings (SSSR count). The van der Waals surface area contributed by atoms with Gasteiger partial charge in [0.05, 0.1) is 12.7 Å². The van der Waals surface area contributed by atoms with E-state index < -0.39 is 11.2 Å². The largest absolute Gasteiger partial charge is 0.493 e. The fourth-order valence-electron chi connectivity index (χ4n) is 8.47. The van der Waals surface area contributed by atoms with Crippen LogP contribution in [0.3, 0.4) is 0 Å². The molecular weight excluding hydrogens is 388 g/mol. The lowest BCUT2D eigenvalue weighted by Gasteiger charge is -2.71. The molecule has 31 heavy (non-hydrogen) atoms. The predicted molar refractivity (Wildman–Crippen MR) is 120 cm³/mol. The van der Waals surface area contributed by atoms with Crippen molar-refractivity contribution in [1.29, 1.82) is 0 Å². The Balaban J connectivity index is 1.66. The van der Waals surface area contributed by atoms with E-state index in [0.717, 1.165) is 30.8 Å².